The molecule has 14 heavy (non-hydrogen) atoms. The minimum Gasteiger partial charge on any atom is -0.381 e. The molecule has 0 heterocycles. The quantitative estimate of drug-likeness (QED) is 0.455. The first-order valence-electron chi connectivity index (χ1n) is 5.58. The maximum Gasteiger partial charge on any atom is 0.0502 e. The van der Waals surface area contributed by atoms with Crippen LogP contribution in [-0.2, 0) is 4.74 Å². The fourth-order valence-electron chi connectivity index (χ4n) is 1.07. The van der Waals surface area contributed by atoms with Crippen molar-refractivity contribution >= 4 is 0 Å². The Labute approximate surface area is 88.7 Å². The van der Waals surface area contributed by atoms with E-state index in [1.54, 1.807) is 0 Å². The predicted octanol–water partition coefficient (Wildman–Crippen LogP) is 2.75. The van der Waals surface area contributed by atoms with Crippen molar-refractivity contribution in [3.63, 3.8) is 0 Å². The maximum absolute atomic E-state index is 5.46. The molecule has 0 atom stereocenters. The first-order valence-corrected chi connectivity index (χ1v) is 5.58. The lowest BCUT2D eigenvalue weighted by molar-refractivity contribution is 0.133. The Morgan fingerprint density at radius 2 is 2.00 bits per heavy atom. The summed E-state index contributed by atoms with van der Waals surface area (Å²) in [4.78, 5) is 0. The van der Waals surface area contributed by atoms with E-state index >= 15 is 0 Å². The molecule has 0 aromatic carbocycles. The van der Waals surface area contributed by atoms with Gasteiger partial charge in [-0.25, -0.2) is 0 Å². The lowest BCUT2D eigenvalue weighted by Gasteiger charge is -2.07. The molecule has 0 fully saturated rings. The molecule has 0 aromatic rings. The largest absolute Gasteiger partial charge is 0.381 e. The van der Waals surface area contributed by atoms with Gasteiger partial charge in [-0.2, -0.15) is 0 Å². The molecule has 0 bridgehead atoms. The molecule has 0 rings (SSSR count). The molecule has 84 valence electrons. The molecule has 0 radical (unpaired) electrons. The van der Waals surface area contributed by atoms with Crippen LogP contribution in [0.3, 0.4) is 0 Å². The topological polar surface area (TPSA) is 21.3 Å². The Hall–Kier alpha value is -0.340. The Morgan fingerprint density at radius 3 is 2.57 bits per heavy atom. The van der Waals surface area contributed by atoms with Gasteiger partial charge in [-0.3, -0.25) is 0 Å². The highest BCUT2D eigenvalue weighted by Crippen LogP contribution is 1.96. The van der Waals surface area contributed by atoms with Crippen molar-refractivity contribution < 1.29 is 4.74 Å². The summed E-state index contributed by atoms with van der Waals surface area (Å²) < 4.78 is 5.46. The van der Waals surface area contributed by atoms with E-state index in [1.807, 2.05) is 6.92 Å². The second-order valence-corrected chi connectivity index (χ2v) is 4.14. The van der Waals surface area contributed by atoms with Crippen LogP contribution >= 0.6 is 0 Å². The number of unbranched alkanes of at least 4 members (excludes halogenated alkanes) is 1. The monoisotopic (exact) mass is 199 g/mol. The van der Waals surface area contributed by atoms with E-state index in [0.29, 0.717) is 6.04 Å². The molecule has 0 unspecified atom stereocenters. The van der Waals surface area contributed by atoms with Crippen LogP contribution < -0.4 is 5.32 Å². The zero-order valence-corrected chi connectivity index (χ0v) is 9.94. The van der Waals surface area contributed by atoms with E-state index in [-0.39, 0.29) is 0 Å². The summed E-state index contributed by atoms with van der Waals surface area (Å²) in [6.45, 7) is 13.0. The van der Waals surface area contributed by atoms with Crippen molar-refractivity contribution in [3.05, 3.63) is 12.2 Å². The predicted molar refractivity (Wildman–Crippen MR) is 62.6 cm³/mol. The van der Waals surface area contributed by atoms with Gasteiger partial charge >= 0.3 is 0 Å². The summed E-state index contributed by atoms with van der Waals surface area (Å²) in [6, 6.07) is 0.597. The summed E-state index contributed by atoms with van der Waals surface area (Å²) in [6.07, 6.45) is 3.34. The highest BCUT2D eigenvalue weighted by Gasteiger charge is 1.93. The number of nitrogens with one attached hydrogen (secondary N) is 1. The molecule has 0 saturated heterocycles. The lowest BCUT2D eigenvalue weighted by atomic mass is 10.2. The van der Waals surface area contributed by atoms with Gasteiger partial charge in [0.05, 0.1) is 6.61 Å². The summed E-state index contributed by atoms with van der Waals surface area (Å²) in [5.41, 5.74) is 1.20. The highest BCUT2D eigenvalue weighted by atomic mass is 16.5. The van der Waals surface area contributed by atoms with Crippen LogP contribution in [0.25, 0.3) is 0 Å². The van der Waals surface area contributed by atoms with Crippen molar-refractivity contribution in [1.29, 1.82) is 0 Å². The normalized spacial score (nSPS) is 10.9. The SMILES string of the molecule is C=C(C)CCOCCCCNC(C)C. The summed E-state index contributed by atoms with van der Waals surface area (Å²) >= 11 is 0. The van der Waals surface area contributed by atoms with E-state index in [4.69, 9.17) is 4.74 Å². The van der Waals surface area contributed by atoms with Crippen LogP contribution in [0.5, 0.6) is 0 Å². The molecular weight excluding hydrogens is 174 g/mol. The second kappa shape index (κ2) is 9.22. The number of hydrogen-bond donors (Lipinski definition) is 1. The lowest BCUT2D eigenvalue weighted by Crippen LogP contribution is -2.23. The third kappa shape index (κ3) is 11.7. The second-order valence-electron chi connectivity index (χ2n) is 4.14. The van der Waals surface area contributed by atoms with E-state index in [0.717, 1.165) is 32.6 Å². The van der Waals surface area contributed by atoms with Crippen LogP contribution in [0.1, 0.15) is 40.0 Å². The molecule has 1 N–H and O–H groups in total. The Kier molecular flexibility index (Phi) is 9.00. The van der Waals surface area contributed by atoms with E-state index in [1.165, 1.54) is 12.0 Å². The van der Waals surface area contributed by atoms with Gasteiger partial charge in [-0.1, -0.05) is 19.4 Å². The number of ether oxygens (including phenoxy) is 1. The van der Waals surface area contributed by atoms with Crippen LogP contribution in [0.15, 0.2) is 12.2 Å². The van der Waals surface area contributed by atoms with Gasteiger partial charge in [0.15, 0.2) is 0 Å². The summed E-state index contributed by atoms with van der Waals surface area (Å²) in [5.74, 6) is 0. The van der Waals surface area contributed by atoms with Crippen molar-refractivity contribution in [2.45, 2.75) is 46.1 Å². The van der Waals surface area contributed by atoms with Gasteiger partial charge in [0.1, 0.15) is 0 Å². The molecule has 0 saturated carbocycles. The van der Waals surface area contributed by atoms with Gasteiger partial charge < -0.3 is 10.1 Å². The van der Waals surface area contributed by atoms with Crippen molar-refractivity contribution in [3.8, 4) is 0 Å². The Morgan fingerprint density at radius 1 is 1.29 bits per heavy atom. The first-order chi connectivity index (χ1) is 6.63. The Bertz CT molecular complexity index is 143. The van der Waals surface area contributed by atoms with Crippen LogP contribution in [-0.4, -0.2) is 25.8 Å². The zero-order chi connectivity index (χ0) is 10.8. The Balaban J connectivity index is 2.96. The molecular formula is C12H25NO. The zero-order valence-electron chi connectivity index (χ0n) is 9.94. The van der Waals surface area contributed by atoms with Crippen molar-refractivity contribution in [2.24, 2.45) is 0 Å². The van der Waals surface area contributed by atoms with Crippen LogP contribution in [0.2, 0.25) is 0 Å². The number of rotatable bonds is 9. The van der Waals surface area contributed by atoms with Gasteiger partial charge in [-0.15, -0.1) is 6.58 Å². The fourth-order valence-corrected chi connectivity index (χ4v) is 1.07. The first kappa shape index (κ1) is 13.7. The van der Waals surface area contributed by atoms with Gasteiger partial charge in [0.25, 0.3) is 0 Å². The maximum atomic E-state index is 5.46. The molecule has 2 heteroatoms. The molecule has 2 nitrogen and oxygen atoms in total. The standard InChI is InChI=1S/C12H25NO/c1-11(2)7-10-14-9-6-5-8-13-12(3)4/h12-13H,1,5-10H2,2-4H3. The van der Waals surface area contributed by atoms with E-state index in [2.05, 4.69) is 25.7 Å². The van der Waals surface area contributed by atoms with Gasteiger partial charge in [0, 0.05) is 12.6 Å². The number of hydrogen-bond acceptors (Lipinski definition) is 2. The fraction of sp³-hybridized carbons (Fsp3) is 0.833. The third-order valence-corrected chi connectivity index (χ3v) is 1.94. The highest BCUT2D eigenvalue weighted by molar-refractivity contribution is 4.86. The minimum absolute atomic E-state index is 0.597. The molecule has 0 aliphatic rings. The van der Waals surface area contributed by atoms with E-state index in [9.17, 15) is 0 Å². The van der Waals surface area contributed by atoms with Gasteiger partial charge in [-0.05, 0) is 32.7 Å². The van der Waals surface area contributed by atoms with Crippen molar-refractivity contribution in [1.82, 2.24) is 5.32 Å². The average Bonchev–Trinajstić information content (AvgIpc) is 2.08. The molecule has 0 aromatic heterocycles. The van der Waals surface area contributed by atoms with Crippen LogP contribution in [0.4, 0.5) is 0 Å². The molecule has 0 amide bonds. The van der Waals surface area contributed by atoms with Crippen LogP contribution in [0, 0.1) is 0 Å². The third-order valence-electron chi connectivity index (χ3n) is 1.94. The van der Waals surface area contributed by atoms with Gasteiger partial charge in [0.2, 0.25) is 0 Å². The molecule has 0 spiro atoms. The summed E-state index contributed by atoms with van der Waals surface area (Å²) in [7, 11) is 0. The summed E-state index contributed by atoms with van der Waals surface area (Å²) in [5, 5.41) is 3.38. The smallest absolute Gasteiger partial charge is 0.0502 e. The molecule has 0 aliphatic carbocycles. The minimum atomic E-state index is 0.597. The van der Waals surface area contributed by atoms with E-state index < -0.39 is 0 Å². The molecule has 0 aliphatic heterocycles. The van der Waals surface area contributed by atoms with Crippen molar-refractivity contribution in [2.75, 3.05) is 19.8 Å². The average molecular weight is 199 g/mol.